The van der Waals surface area contributed by atoms with E-state index in [1.807, 2.05) is 53.0 Å². The molecule has 9 heteroatoms. The van der Waals surface area contributed by atoms with Gasteiger partial charge in [0, 0.05) is 39.1 Å². The summed E-state index contributed by atoms with van der Waals surface area (Å²) >= 11 is 0. The molecule has 28 heavy (non-hydrogen) atoms. The number of benzene rings is 1. The van der Waals surface area contributed by atoms with Crippen molar-refractivity contribution in [1.29, 1.82) is 0 Å². The van der Waals surface area contributed by atoms with E-state index in [2.05, 4.69) is 15.4 Å². The number of methoxy groups -OCH3 is 1. The van der Waals surface area contributed by atoms with Crippen molar-refractivity contribution in [3.63, 3.8) is 0 Å². The number of nitrogens with zero attached hydrogens (tertiary/aromatic N) is 5. The molecule has 1 saturated heterocycles. The standard InChI is InChI=1S/C19H22N6O2.ClH/c1-23-10-9-21-18(23)15-12-20-8-11-24(15)19(26)17-16(27-2)13-25(22-17)14-6-4-3-5-7-14;/h3-7,9-10,13,15,20H,8,11-12H2,1-2H3;1H. The molecule has 1 amide bonds. The van der Waals surface area contributed by atoms with E-state index in [4.69, 9.17) is 4.74 Å². The Morgan fingerprint density at radius 2 is 2.07 bits per heavy atom. The average molecular weight is 403 g/mol. The highest BCUT2D eigenvalue weighted by atomic mass is 35.5. The summed E-state index contributed by atoms with van der Waals surface area (Å²) in [6, 6.07) is 9.51. The maximum Gasteiger partial charge on any atom is 0.278 e. The molecular formula is C19H23ClN6O2. The Kier molecular flexibility index (Phi) is 6.01. The van der Waals surface area contributed by atoms with E-state index in [-0.39, 0.29) is 24.4 Å². The molecule has 148 valence electrons. The fourth-order valence-corrected chi connectivity index (χ4v) is 3.38. The largest absolute Gasteiger partial charge is 0.493 e. The lowest BCUT2D eigenvalue weighted by Crippen LogP contribution is -2.49. The maximum atomic E-state index is 13.3. The fourth-order valence-electron chi connectivity index (χ4n) is 3.38. The first-order chi connectivity index (χ1) is 13.2. The molecule has 1 unspecified atom stereocenters. The molecule has 1 aromatic carbocycles. The zero-order valence-electron chi connectivity index (χ0n) is 15.8. The van der Waals surface area contributed by atoms with E-state index >= 15 is 0 Å². The van der Waals surface area contributed by atoms with Gasteiger partial charge in [-0.15, -0.1) is 12.4 Å². The molecule has 8 nitrogen and oxygen atoms in total. The summed E-state index contributed by atoms with van der Waals surface area (Å²) < 4.78 is 9.05. The van der Waals surface area contributed by atoms with Crippen LogP contribution in [0.2, 0.25) is 0 Å². The van der Waals surface area contributed by atoms with Crippen LogP contribution >= 0.6 is 12.4 Å². The number of hydrogen-bond acceptors (Lipinski definition) is 5. The molecule has 1 aliphatic rings. The Labute approximate surface area is 169 Å². The highest BCUT2D eigenvalue weighted by molar-refractivity contribution is 5.95. The lowest BCUT2D eigenvalue weighted by Gasteiger charge is -2.35. The Hall–Kier alpha value is -2.84. The van der Waals surface area contributed by atoms with E-state index in [9.17, 15) is 4.79 Å². The van der Waals surface area contributed by atoms with Crippen molar-refractivity contribution in [3.05, 3.63) is 60.4 Å². The number of aryl methyl sites for hydroxylation is 1. The van der Waals surface area contributed by atoms with Crippen LogP contribution in [0.5, 0.6) is 5.75 Å². The minimum Gasteiger partial charge on any atom is -0.493 e. The number of carbonyl (C=O) groups is 1. The van der Waals surface area contributed by atoms with Gasteiger partial charge in [0.05, 0.1) is 19.0 Å². The van der Waals surface area contributed by atoms with Gasteiger partial charge in [0.1, 0.15) is 11.9 Å². The molecule has 0 radical (unpaired) electrons. The Balaban J connectivity index is 0.00000225. The molecule has 3 heterocycles. The van der Waals surface area contributed by atoms with Crippen LogP contribution in [0.15, 0.2) is 48.9 Å². The predicted octanol–water partition coefficient (Wildman–Crippen LogP) is 1.82. The highest BCUT2D eigenvalue weighted by Gasteiger charge is 2.33. The van der Waals surface area contributed by atoms with E-state index < -0.39 is 0 Å². The number of halogens is 1. The number of rotatable bonds is 4. The molecule has 4 rings (SSSR count). The molecule has 2 aromatic heterocycles. The lowest BCUT2D eigenvalue weighted by atomic mass is 10.1. The van der Waals surface area contributed by atoms with Gasteiger partial charge in [-0.25, -0.2) is 9.67 Å². The van der Waals surface area contributed by atoms with E-state index in [1.165, 1.54) is 0 Å². The lowest BCUT2D eigenvalue weighted by molar-refractivity contribution is 0.0611. The third kappa shape index (κ3) is 3.61. The van der Waals surface area contributed by atoms with Gasteiger partial charge in [0.2, 0.25) is 0 Å². The van der Waals surface area contributed by atoms with Gasteiger partial charge in [0.15, 0.2) is 11.4 Å². The summed E-state index contributed by atoms with van der Waals surface area (Å²) in [6.45, 7) is 1.96. The topological polar surface area (TPSA) is 77.2 Å². The van der Waals surface area contributed by atoms with E-state index in [0.29, 0.717) is 24.5 Å². The molecule has 3 aromatic rings. The Bertz CT molecular complexity index is 939. The number of amides is 1. The van der Waals surface area contributed by atoms with Crippen molar-refractivity contribution in [2.75, 3.05) is 26.7 Å². The van der Waals surface area contributed by atoms with Gasteiger partial charge in [-0.1, -0.05) is 18.2 Å². The maximum absolute atomic E-state index is 13.3. The number of carbonyl (C=O) groups excluding carboxylic acids is 1. The van der Waals surface area contributed by atoms with Crippen LogP contribution in [0.3, 0.4) is 0 Å². The van der Waals surface area contributed by atoms with Gasteiger partial charge < -0.3 is 19.5 Å². The van der Waals surface area contributed by atoms with Gasteiger partial charge in [0.25, 0.3) is 5.91 Å². The number of aromatic nitrogens is 4. The second kappa shape index (κ2) is 8.45. The summed E-state index contributed by atoms with van der Waals surface area (Å²) in [5.41, 5.74) is 1.18. The smallest absolute Gasteiger partial charge is 0.278 e. The van der Waals surface area contributed by atoms with Crippen LogP contribution in [-0.4, -0.2) is 56.9 Å². The van der Waals surface area contributed by atoms with E-state index in [1.54, 1.807) is 24.2 Å². The second-order valence-electron chi connectivity index (χ2n) is 6.44. The molecule has 1 atom stereocenters. The average Bonchev–Trinajstić information content (AvgIpc) is 3.34. The predicted molar refractivity (Wildman–Crippen MR) is 107 cm³/mol. The number of para-hydroxylation sites is 1. The second-order valence-corrected chi connectivity index (χ2v) is 6.44. The Morgan fingerprint density at radius 3 is 2.75 bits per heavy atom. The van der Waals surface area contributed by atoms with Crippen LogP contribution in [0.4, 0.5) is 0 Å². The number of hydrogen-bond donors (Lipinski definition) is 1. The molecule has 0 aliphatic carbocycles. The van der Waals surface area contributed by atoms with Crippen molar-refractivity contribution in [2.24, 2.45) is 7.05 Å². The summed E-state index contributed by atoms with van der Waals surface area (Å²) in [4.78, 5) is 19.6. The van der Waals surface area contributed by atoms with Crippen LogP contribution in [-0.2, 0) is 7.05 Å². The number of nitrogens with one attached hydrogen (secondary N) is 1. The van der Waals surface area contributed by atoms with Crippen LogP contribution in [0.25, 0.3) is 5.69 Å². The van der Waals surface area contributed by atoms with Gasteiger partial charge >= 0.3 is 0 Å². The summed E-state index contributed by atoms with van der Waals surface area (Å²) in [7, 11) is 3.49. The van der Waals surface area contributed by atoms with Crippen LogP contribution < -0.4 is 10.1 Å². The summed E-state index contributed by atoms with van der Waals surface area (Å²) in [6.07, 6.45) is 5.37. The molecule has 1 aliphatic heterocycles. The first-order valence-corrected chi connectivity index (χ1v) is 8.87. The molecule has 0 saturated carbocycles. The van der Waals surface area contributed by atoms with Crippen LogP contribution in [0.1, 0.15) is 22.4 Å². The van der Waals surface area contributed by atoms with Gasteiger partial charge in [-0.3, -0.25) is 4.79 Å². The summed E-state index contributed by atoms with van der Waals surface area (Å²) in [5, 5.41) is 7.86. The van der Waals surface area contributed by atoms with Gasteiger partial charge in [-0.05, 0) is 12.1 Å². The van der Waals surface area contributed by atoms with E-state index in [0.717, 1.165) is 18.1 Å². The number of imidazole rings is 1. The molecular weight excluding hydrogens is 380 g/mol. The van der Waals surface area contributed by atoms with Gasteiger partial charge in [-0.2, -0.15) is 5.10 Å². The first-order valence-electron chi connectivity index (χ1n) is 8.87. The molecule has 0 spiro atoms. The third-order valence-electron chi connectivity index (χ3n) is 4.78. The van der Waals surface area contributed by atoms with Crippen molar-refractivity contribution in [3.8, 4) is 11.4 Å². The minimum atomic E-state index is -0.156. The monoisotopic (exact) mass is 402 g/mol. The fraction of sp³-hybridized carbons (Fsp3) is 0.316. The number of piperazine rings is 1. The third-order valence-corrected chi connectivity index (χ3v) is 4.78. The van der Waals surface area contributed by atoms with Crippen molar-refractivity contribution in [2.45, 2.75) is 6.04 Å². The number of ether oxygens (including phenoxy) is 1. The van der Waals surface area contributed by atoms with Crippen molar-refractivity contribution in [1.82, 2.24) is 29.5 Å². The minimum absolute atomic E-state index is 0. The quantitative estimate of drug-likeness (QED) is 0.720. The first kappa shape index (κ1) is 19.9. The van der Waals surface area contributed by atoms with Crippen molar-refractivity contribution < 1.29 is 9.53 Å². The summed E-state index contributed by atoms with van der Waals surface area (Å²) in [5.74, 6) is 1.15. The van der Waals surface area contributed by atoms with Crippen LogP contribution in [0, 0.1) is 0 Å². The zero-order valence-corrected chi connectivity index (χ0v) is 16.6. The highest BCUT2D eigenvalue weighted by Crippen LogP contribution is 2.26. The Morgan fingerprint density at radius 1 is 1.29 bits per heavy atom. The molecule has 1 fully saturated rings. The zero-order chi connectivity index (χ0) is 18.8. The molecule has 0 bridgehead atoms. The van der Waals surface area contributed by atoms with Crippen molar-refractivity contribution >= 4 is 18.3 Å². The molecule has 1 N–H and O–H groups in total. The normalized spacial score (nSPS) is 16.5. The SMILES string of the molecule is COc1cn(-c2ccccc2)nc1C(=O)N1CCNCC1c1nccn1C.Cl.